The number of halogens is 4. The highest BCUT2D eigenvalue weighted by Crippen LogP contribution is 2.19. The van der Waals surface area contributed by atoms with E-state index in [1.807, 2.05) is 6.92 Å². The third-order valence-corrected chi connectivity index (χ3v) is 3.35. The quantitative estimate of drug-likeness (QED) is 0.508. The molecule has 0 unspecified atom stereocenters. The molecule has 3 rings (SSSR count). The molecule has 0 atom stereocenters. The van der Waals surface area contributed by atoms with Crippen molar-refractivity contribution < 1.29 is 17.6 Å². The normalized spacial score (nSPS) is 10.5. The Hall–Kier alpha value is -2.64. The average Bonchev–Trinajstić information content (AvgIpc) is 2.95. The van der Waals surface area contributed by atoms with E-state index in [4.69, 9.17) is 0 Å². The molecule has 0 aliphatic carbocycles. The average molecular weight is 327 g/mol. The standard InChI is InChI=1S/C14H11F2N3O.CH2F2/c1-8-3-10(15)11(4-9(8)2)19-13-6-17-7-18(13)12(16)5-14(19)20;2-1-3/h3-7H,1-2H3;1H2. The molecule has 0 saturated carbocycles. The fraction of sp³-hybridized carbons (Fsp3) is 0.200. The summed E-state index contributed by atoms with van der Waals surface area (Å²) in [4.78, 5) is 15.8. The highest BCUT2D eigenvalue weighted by atomic mass is 19.3. The van der Waals surface area contributed by atoms with Crippen LogP contribution in [0.1, 0.15) is 11.1 Å². The molecule has 23 heavy (non-hydrogen) atoms. The minimum absolute atomic E-state index is 0.0867. The van der Waals surface area contributed by atoms with Gasteiger partial charge in [0.25, 0.3) is 5.56 Å². The molecular weight excluding hydrogens is 314 g/mol. The zero-order valence-electron chi connectivity index (χ0n) is 12.4. The van der Waals surface area contributed by atoms with Gasteiger partial charge in [0.15, 0.2) is 0 Å². The van der Waals surface area contributed by atoms with Gasteiger partial charge in [-0.1, -0.05) is 0 Å². The van der Waals surface area contributed by atoms with Crippen molar-refractivity contribution in [2.24, 2.45) is 0 Å². The Labute approximate surface area is 128 Å². The molecule has 4 nitrogen and oxygen atoms in total. The number of hydrogen-bond acceptors (Lipinski definition) is 2. The Bertz CT molecular complexity index is 902. The van der Waals surface area contributed by atoms with Crippen molar-refractivity contribution in [1.82, 2.24) is 14.0 Å². The first-order valence-corrected chi connectivity index (χ1v) is 6.53. The van der Waals surface area contributed by atoms with Gasteiger partial charge in [0, 0.05) is 0 Å². The lowest BCUT2D eigenvalue weighted by Gasteiger charge is -2.11. The van der Waals surface area contributed by atoms with Gasteiger partial charge >= 0.3 is 0 Å². The molecule has 2 heterocycles. The fourth-order valence-corrected chi connectivity index (χ4v) is 2.15. The van der Waals surface area contributed by atoms with Crippen LogP contribution >= 0.6 is 0 Å². The van der Waals surface area contributed by atoms with Crippen molar-refractivity contribution in [2.45, 2.75) is 13.8 Å². The van der Waals surface area contributed by atoms with Crippen LogP contribution in [0, 0.1) is 25.6 Å². The summed E-state index contributed by atoms with van der Waals surface area (Å²) >= 11 is 0. The zero-order valence-corrected chi connectivity index (χ0v) is 12.4. The van der Waals surface area contributed by atoms with Gasteiger partial charge in [-0.2, -0.15) is 4.39 Å². The van der Waals surface area contributed by atoms with Gasteiger partial charge < -0.3 is 0 Å². The van der Waals surface area contributed by atoms with Gasteiger partial charge in [0.2, 0.25) is 12.9 Å². The number of aryl methyl sites for hydroxylation is 2. The molecule has 0 bridgehead atoms. The lowest BCUT2D eigenvalue weighted by molar-refractivity contribution is 0.295. The van der Waals surface area contributed by atoms with E-state index in [0.29, 0.717) is 0 Å². The summed E-state index contributed by atoms with van der Waals surface area (Å²) in [5.41, 5.74) is 1.25. The van der Waals surface area contributed by atoms with Gasteiger partial charge in [0.1, 0.15) is 17.8 Å². The predicted octanol–water partition coefficient (Wildman–Crippen LogP) is 3.26. The zero-order chi connectivity index (χ0) is 17.1. The number of benzene rings is 1. The van der Waals surface area contributed by atoms with Crippen LogP contribution in [0.25, 0.3) is 11.3 Å². The van der Waals surface area contributed by atoms with Crippen molar-refractivity contribution >= 4 is 5.65 Å². The topological polar surface area (TPSA) is 39.3 Å². The number of nitrogens with zero attached hydrogens (tertiary/aromatic N) is 3. The Balaban J connectivity index is 0.000000595. The molecule has 122 valence electrons. The smallest absolute Gasteiger partial charge is 0.261 e. The molecule has 0 spiro atoms. The Kier molecular flexibility index (Phi) is 4.83. The highest BCUT2D eigenvalue weighted by Gasteiger charge is 2.14. The summed E-state index contributed by atoms with van der Waals surface area (Å²) < 4.78 is 49.2. The largest absolute Gasteiger partial charge is 0.269 e. The van der Waals surface area contributed by atoms with E-state index >= 15 is 0 Å². The molecule has 0 amide bonds. The van der Waals surface area contributed by atoms with Crippen LogP contribution in [-0.4, -0.2) is 20.9 Å². The minimum atomic E-state index is -1.75. The first-order chi connectivity index (χ1) is 10.9. The maximum Gasteiger partial charge on any atom is 0.261 e. The highest BCUT2D eigenvalue weighted by molar-refractivity contribution is 5.50. The van der Waals surface area contributed by atoms with E-state index in [2.05, 4.69) is 4.98 Å². The van der Waals surface area contributed by atoms with Gasteiger partial charge in [-0.05, 0) is 37.1 Å². The summed E-state index contributed by atoms with van der Waals surface area (Å²) in [6, 6.07) is 3.73. The Morgan fingerprint density at radius 2 is 1.70 bits per heavy atom. The summed E-state index contributed by atoms with van der Waals surface area (Å²) in [7, 11) is 0. The van der Waals surface area contributed by atoms with Crippen LogP contribution in [0.3, 0.4) is 0 Å². The van der Waals surface area contributed by atoms with E-state index < -0.39 is 24.3 Å². The molecule has 2 aromatic heterocycles. The summed E-state index contributed by atoms with van der Waals surface area (Å²) in [6.07, 6.45) is 2.55. The SMILES string of the molecule is Cc1cc(F)c(-n2c(=O)cc(F)n3cncc23)cc1C.FCF. The predicted molar refractivity (Wildman–Crippen MR) is 77.3 cm³/mol. The summed E-state index contributed by atoms with van der Waals surface area (Å²) in [5, 5.41) is 0. The monoisotopic (exact) mass is 327 g/mol. The van der Waals surface area contributed by atoms with E-state index in [1.165, 1.54) is 18.6 Å². The second kappa shape index (κ2) is 6.64. The van der Waals surface area contributed by atoms with Crippen LogP contribution < -0.4 is 5.56 Å². The molecule has 3 aromatic rings. The Morgan fingerprint density at radius 3 is 2.35 bits per heavy atom. The van der Waals surface area contributed by atoms with Crippen LogP contribution in [0.2, 0.25) is 0 Å². The second-order valence-corrected chi connectivity index (χ2v) is 4.75. The van der Waals surface area contributed by atoms with Crippen LogP contribution in [0.5, 0.6) is 0 Å². The van der Waals surface area contributed by atoms with Crippen molar-refractivity contribution in [3.8, 4) is 5.69 Å². The van der Waals surface area contributed by atoms with E-state index in [-0.39, 0.29) is 11.3 Å². The molecule has 0 fully saturated rings. The first kappa shape index (κ1) is 16.7. The van der Waals surface area contributed by atoms with Crippen molar-refractivity contribution in [2.75, 3.05) is 6.93 Å². The van der Waals surface area contributed by atoms with Gasteiger partial charge in [-0.3, -0.25) is 13.8 Å². The molecule has 0 aliphatic rings. The number of alkyl halides is 2. The van der Waals surface area contributed by atoms with Gasteiger partial charge in [-0.15, -0.1) is 0 Å². The van der Waals surface area contributed by atoms with Gasteiger partial charge in [-0.25, -0.2) is 18.2 Å². The molecule has 0 N–H and O–H groups in total. The molecule has 0 aliphatic heterocycles. The number of rotatable bonds is 1. The molecule has 0 saturated heterocycles. The summed E-state index contributed by atoms with van der Waals surface area (Å²) in [6.45, 7) is 1.85. The van der Waals surface area contributed by atoms with Crippen molar-refractivity contribution in [1.29, 1.82) is 0 Å². The molecular formula is C15H13F4N3O. The lowest BCUT2D eigenvalue weighted by atomic mass is 10.1. The molecule has 8 heteroatoms. The summed E-state index contributed by atoms with van der Waals surface area (Å²) in [5.74, 6) is -1.27. The number of imidazole rings is 1. The van der Waals surface area contributed by atoms with Crippen LogP contribution in [0.15, 0.2) is 35.5 Å². The third kappa shape index (κ3) is 3.10. The minimum Gasteiger partial charge on any atom is -0.269 e. The van der Waals surface area contributed by atoms with Crippen LogP contribution in [-0.2, 0) is 0 Å². The maximum absolute atomic E-state index is 14.1. The third-order valence-electron chi connectivity index (χ3n) is 3.35. The maximum atomic E-state index is 14.1. The molecule has 0 radical (unpaired) electrons. The molecule has 1 aromatic carbocycles. The van der Waals surface area contributed by atoms with Crippen LogP contribution in [0.4, 0.5) is 17.6 Å². The van der Waals surface area contributed by atoms with E-state index in [9.17, 15) is 22.4 Å². The van der Waals surface area contributed by atoms with E-state index in [0.717, 1.165) is 26.2 Å². The Morgan fingerprint density at radius 1 is 1.09 bits per heavy atom. The number of aromatic nitrogens is 3. The fourth-order valence-electron chi connectivity index (χ4n) is 2.15. The van der Waals surface area contributed by atoms with Crippen molar-refractivity contribution in [3.63, 3.8) is 0 Å². The first-order valence-electron chi connectivity index (χ1n) is 6.53. The van der Waals surface area contributed by atoms with Crippen molar-refractivity contribution in [3.05, 3.63) is 64.0 Å². The second-order valence-electron chi connectivity index (χ2n) is 4.75. The van der Waals surface area contributed by atoms with Gasteiger partial charge in [0.05, 0.1) is 18.0 Å². The van der Waals surface area contributed by atoms with E-state index in [1.54, 1.807) is 13.0 Å². The number of hydrogen-bond donors (Lipinski definition) is 0. The number of fused-ring (bicyclic) bond motifs is 1. The lowest BCUT2D eigenvalue weighted by Crippen LogP contribution is -2.22.